The first-order chi connectivity index (χ1) is 16.0. The lowest BCUT2D eigenvalue weighted by molar-refractivity contribution is -0.125. The maximum Gasteiger partial charge on any atom is 0.407 e. The average molecular weight is 511 g/mol. The van der Waals surface area contributed by atoms with Gasteiger partial charge in [-0.05, 0) is 48.8 Å². The summed E-state index contributed by atoms with van der Waals surface area (Å²) in [6, 6.07) is 6.01. The number of methoxy groups -OCH3 is 1. The Kier molecular flexibility index (Phi) is 7.84. The maximum absolute atomic E-state index is 13.4. The van der Waals surface area contributed by atoms with E-state index in [0.717, 1.165) is 22.7 Å². The monoisotopic (exact) mass is 510 g/mol. The largest absolute Gasteiger partial charge is 0.453 e. The van der Waals surface area contributed by atoms with Crippen LogP contribution in [0.1, 0.15) is 49.5 Å². The molecule has 0 aliphatic heterocycles. The molecule has 4 N–H and O–H groups in total. The fourth-order valence-electron chi connectivity index (χ4n) is 4.01. The molecule has 1 aromatic heterocycles. The highest BCUT2D eigenvalue weighted by molar-refractivity contribution is 7.87. The van der Waals surface area contributed by atoms with Crippen molar-refractivity contribution in [2.75, 3.05) is 11.8 Å². The molecule has 1 unspecified atom stereocenters. The van der Waals surface area contributed by atoms with Gasteiger partial charge in [0.05, 0.1) is 24.5 Å². The molecule has 3 atom stereocenters. The van der Waals surface area contributed by atoms with Gasteiger partial charge in [-0.2, -0.15) is 8.42 Å². The lowest BCUT2D eigenvalue weighted by Crippen LogP contribution is -2.52. The number of thiazole rings is 1. The van der Waals surface area contributed by atoms with Gasteiger partial charge in [-0.15, -0.1) is 11.3 Å². The van der Waals surface area contributed by atoms with Gasteiger partial charge in [0.2, 0.25) is 5.91 Å². The van der Waals surface area contributed by atoms with Crippen molar-refractivity contribution in [2.45, 2.75) is 51.6 Å². The van der Waals surface area contributed by atoms with E-state index in [1.807, 2.05) is 30.9 Å². The van der Waals surface area contributed by atoms with Gasteiger partial charge < -0.3 is 15.4 Å². The van der Waals surface area contributed by atoms with Crippen molar-refractivity contribution in [3.63, 3.8) is 0 Å². The zero-order chi connectivity index (χ0) is 25.1. The highest BCUT2D eigenvalue weighted by Crippen LogP contribution is 2.49. The van der Waals surface area contributed by atoms with Crippen molar-refractivity contribution in [2.24, 2.45) is 11.8 Å². The van der Waals surface area contributed by atoms with Gasteiger partial charge in [0.1, 0.15) is 10.5 Å². The Morgan fingerprint density at radius 1 is 1.29 bits per heavy atom. The smallest absolute Gasteiger partial charge is 0.407 e. The Morgan fingerprint density at radius 3 is 2.47 bits per heavy atom. The van der Waals surface area contributed by atoms with Crippen LogP contribution in [0.5, 0.6) is 0 Å². The second kappa shape index (κ2) is 10.3. The van der Waals surface area contributed by atoms with Crippen molar-refractivity contribution in [1.29, 1.82) is 0 Å². The lowest BCUT2D eigenvalue weighted by atomic mass is 10.0. The number of carbonyl (C=O) groups excluding carboxylic acids is 2. The number of hydrogen-bond acceptors (Lipinski definition) is 7. The zero-order valence-corrected chi connectivity index (χ0v) is 21.1. The molecule has 0 spiro atoms. The quantitative estimate of drug-likeness (QED) is 0.359. The van der Waals surface area contributed by atoms with Crippen molar-refractivity contribution in [1.82, 2.24) is 15.6 Å². The van der Waals surface area contributed by atoms with Crippen LogP contribution in [-0.4, -0.2) is 42.6 Å². The fraction of sp³-hybridized carbons (Fsp3) is 0.500. The molecule has 1 aromatic carbocycles. The summed E-state index contributed by atoms with van der Waals surface area (Å²) in [5.41, 5.74) is 0.924. The van der Waals surface area contributed by atoms with Gasteiger partial charge in [0.15, 0.2) is 0 Å². The summed E-state index contributed by atoms with van der Waals surface area (Å²) in [5.74, 6) is -0.115. The van der Waals surface area contributed by atoms with E-state index in [4.69, 9.17) is 9.29 Å². The van der Waals surface area contributed by atoms with Gasteiger partial charge in [-0.3, -0.25) is 14.1 Å². The Balaban J connectivity index is 1.83. The number of amides is 2. The molecule has 2 amide bonds. The van der Waals surface area contributed by atoms with E-state index in [-0.39, 0.29) is 23.4 Å². The van der Waals surface area contributed by atoms with E-state index < -0.39 is 28.0 Å². The average Bonchev–Trinajstić information content (AvgIpc) is 3.31. The molecule has 3 rings (SSSR count). The van der Waals surface area contributed by atoms with Crippen molar-refractivity contribution < 1.29 is 27.3 Å². The molecule has 1 aliphatic rings. The van der Waals surface area contributed by atoms with Crippen LogP contribution in [-0.2, 0) is 32.7 Å². The van der Waals surface area contributed by atoms with Crippen LogP contribution < -0.4 is 15.4 Å². The van der Waals surface area contributed by atoms with E-state index in [1.165, 1.54) is 30.6 Å². The van der Waals surface area contributed by atoms with Gasteiger partial charge in [-0.1, -0.05) is 32.9 Å². The number of aromatic nitrogens is 1. The molecule has 1 heterocycles. The van der Waals surface area contributed by atoms with Crippen molar-refractivity contribution in [3.05, 3.63) is 45.9 Å². The summed E-state index contributed by atoms with van der Waals surface area (Å²) in [5, 5.41) is 8.50. The lowest BCUT2D eigenvalue weighted by Gasteiger charge is -2.24. The van der Waals surface area contributed by atoms with E-state index in [1.54, 1.807) is 12.1 Å². The summed E-state index contributed by atoms with van der Waals surface area (Å²) < 4.78 is 37.7. The first kappa shape index (κ1) is 25.9. The molecule has 2 aromatic rings. The summed E-state index contributed by atoms with van der Waals surface area (Å²) in [6.45, 7) is 6.01. The van der Waals surface area contributed by atoms with Crippen LogP contribution in [0.3, 0.4) is 0 Å². The highest BCUT2D eigenvalue weighted by atomic mass is 32.2. The number of ether oxygens (including phenoxy) is 1. The van der Waals surface area contributed by atoms with Crippen LogP contribution in [0, 0.1) is 11.8 Å². The molecule has 10 nitrogen and oxygen atoms in total. The van der Waals surface area contributed by atoms with Gasteiger partial charge >= 0.3 is 16.4 Å². The third-order valence-electron chi connectivity index (χ3n) is 5.91. The molecule has 0 saturated heterocycles. The number of nitrogens with zero attached hydrogens (tertiary/aromatic N) is 1. The molecule has 0 bridgehead atoms. The Morgan fingerprint density at radius 2 is 1.97 bits per heavy atom. The molecule has 34 heavy (non-hydrogen) atoms. The maximum atomic E-state index is 13.4. The standard InChI is InChI=1S/C22H30N4O6S2/c1-5-15-12-33-19(23-15)18(10-14-6-8-16(9-7-14)26-34(29,30)31)24-20(27)22(25-21(28)32-4)11-17(22)13(2)3/h6-9,12-13,17-18,26H,5,10-11H2,1-4H3,(H,24,27)(H,25,28)(H,29,30,31)/t17-,18+,22?/m1/s1. The minimum atomic E-state index is -4.37. The Bertz CT molecular complexity index is 1130. The zero-order valence-electron chi connectivity index (χ0n) is 19.5. The second-order valence-corrected chi connectivity index (χ2v) is 10.7. The van der Waals surface area contributed by atoms with Crippen LogP contribution in [0.25, 0.3) is 0 Å². The summed E-state index contributed by atoms with van der Waals surface area (Å²) in [6.07, 6.45) is 1.03. The van der Waals surface area contributed by atoms with Crippen molar-refractivity contribution >= 4 is 39.3 Å². The molecule has 1 fully saturated rings. The molecular formula is C22H30N4O6S2. The minimum Gasteiger partial charge on any atom is -0.453 e. The topological polar surface area (TPSA) is 147 Å². The van der Waals surface area contributed by atoms with Crippen LogP contribution in [0.4, 0.5) is 10.5 Å². The number of nitrogens with one attached hydrogen (secondary N) is 3. The number of hydrogen-bond donors (Lipinski definition) is 4. The molecule has 12 heteroatoms. The van der Waals surface area contributed by atoms with E-state index in [2.05, 4.69) is 15.6 Å². The molecule has 186 valence electrons. The number of carbonyl (C=O) groups is 2. The SMILES string of the molecule is CCc1csc([C@H](Cc2ccc(NS(=O)(=O)O)cc2)NC(=O)C2(NC(=O)OC)C[C@@H]2C(C)C)n1. The van der Waals surface area contributed by atoms with Crippen LogP contribution in [0.2, 0.25) is 0 Å². The third kappa shape index (κ3) is 6.24. The molecule has 0 radical (unpaired) electrons. The Hall–Kier alpha value is -2.70. The first-order valence-corrected chi connectivity index (χ1v) is 13.2. The van der Waals surface area contributed by atoms with E-state index >= 15 is 0 Å². The number of benzene rings is 1. The number of aryl methyl sites for hydroxylation is 1. The van der Waals surface area contributed by atoms with Gasteiger partial charge in [-0.25, -0.2) is 9.78 Å². The predicted molar refractivity (Wildman–Crippen MR) is 129 cm³/mol. The minimum absolute atomic E-state index is 0.0134. The number of anilines is 1. The summed E-state index contributed by atoms with van der Waals surface area (Å²) in [4.78, 5) is 30.1. The number of alkyl carbamates (subject to hydrolysis) is 1. The fourth-order valence-corrected chi connectivity index (χ4v) is 5.40. The highest BCUT2D eigenvalue weighted by Gasteiger charge is 2.62. The summed E-state index contributed by atoms with van der Waals surface area (Å²) in [7, 11) is -3.10. The first-order valence-electron chi connectivity index (χ1n) is 10.9. The normalized spacial score (nSPS) is 20.5. The third-order valence-corrected chi connectivity index (χ3v) is 7.41. The second-order valence-electron chi connectivity index (χ2n) is 8.68. The molecule has 1 aliphatic carbocycles. The van der Waals surface area contributed by atoms with Crippen molar-refractivity contribution in [3.8, 4) is 0 Å². The van der Waals surface area contributed by atoms with E-state index in [9.17, 15) is 18.0 Å². The number of rotatable bonds is 10. The van der Waals surface area contributed by atoms with Gasteiger partial charge in [0, 0.05) is 5.38 Å². The van der Waals surface area contributed by atoms with E-state index in [0.29, 0.717) is 12.8 Å². The van der Waals surface area contributed by atoms with Crippen LogP contribution in [0.15, 0.2) is 29.6 Å². The van der Waals surface area contributed by atoms with Gasteiger partial charge in [0.25, 0.3) is 0 Å². The summed E-state index contributed by atoms with van der Waals surface area (Å²) >= 11 is 1.45. The molecule has 1 saturated carbocycles. The van der Waals surface area contributed by atoms with Crippen LogP contribution >= 0.6 is 11.3 Å². The Labute approximate surface area is 203 Å². The predicted octanol–water partition coefficient (Wildman–Crippen LogP) is 3.09. The molecular weight excluding hydrogens is 480 g/mol.